The molecule has 1 N–H and O–H groups in total. The van der Waals surface area contributed by atoms with Crippen LogP contribution in [0.4, 0.5) is 0 Å². The fraction of sp³-hybridized carbons (Fsp3) is 0.467. The van der Waals surface area contributed by atoms with Crippen LogP contribution in [0.3, 0.4) is 0 Å². The fourth-order valence-electron chi connectivity index (χ4n) is 2.44. The number of benzene rings is 1. The summed E-state index contributed by atoms with van der Waals surface area (Å²) in [4.78, 5) is 14.0. The Morgan fingerprint density at radius 3 is 2.89 bits per heavy atom. The highest BCUT2D eigenvalue weighted by atomic mass is 16.2. The molecule has 1 aliphatic rings. The monoisotopic (exact) mass is 257 g/mol. The smallest absolute Gasteiger partial charge is 0.239 e. The summed E-state index contributed by atoms with van der Waals surface area (Å²) in [5.74, 6) is -0.0681. The molecule has 4 heteroatoms. The van der Waals surface area contributed by atoms with Crippen molar-refractivity contribution in [2.75, 3.05) is 13.6 Å². The summed E-state index contributed by atoms with van der Waals surface area (Å²) in [6.07, 6.45) is 0.723. The van der Waals surface area contributed by atoms with Crippen LogP contribution in [0.2, 0.25) is 0 Å². The molecule has 1 aliphatic heterocycles. The zero-order valence-electron chi connectivity index (χ0n) is 11.4. The largest absolute Gasteiger partial charge is 0.343 e. The molecule has 1 amide bonds. The Morgan fingerprint density at radius 1 is 1.53 bits per heavy atom. The van der Waals surface area contributed by atoms with E-state index in [0.29, 0.717) is 6.54 Å². The Balaban J connectivity index is 2.01. The van der Waals surface area contributed by atoms with Crippen molar-refractivity contribution in [3.63, 3.8) is 0 Å². The predicted octanol–water partition coefficient (Wildman–Crippen LogP) is 1.32. The van der Waals surface area contributed by atoms with Crippen molar-refractivity contribution in [1.29, 1.82) is 5.26 Å². The maximum Gasteiger partial charge on any atom is 0.239 e. The fourth-order valence-corrected chi connectivity index (χ4v) is 2.44. The van der Waals surface area contributed by atoms with Crippen molar-refractivity contribution in [1.82, 2.24) is 10.2 Å². The van der Waals surface area contributed by atoms with E-state index in [0.717, 1.165) is 13.0 Å². The molecule has 2 rings (SSSR count). The predicted molar refractivity (Wildman–Crippen MR) is 73.2 cm³/mol. The van der Waals surface area contributed by atoms with Crippen molar-refractivity contribution < 1.29 is 4.79 Å². The topological polar surface area (TPSA) is 56.1 Å². The van der Waals surface area contributed by atoms with Gasteiger partial charge in [0.05, 0.1) is 18.0 Å². The van der Waals surface area contributed by atoms with Crippen LogP contribution >= 0.6 is 0 Å². The summed E-state index contributed by atoms with van der Waals surface area (Å²) in [5.41, 5.74) is 2.50. The minimum Gasteiger partial charge on any atom is -0.343 e. The number of hydrogen-bond donors (Lipinski definition) is 1. The molecule has 0 fully saturated rings. The molecule has 0 saturated carbocycles. The molecular formula is C15H19N3O. The zero-order chi connectivity index (χ0) is 13.8. The van der Waals surface area contributed by atoms with Gasteiger partial charge in [0.15, 0.2) is 0 Å². The van der Waals surface area contributed by atoms with Crippen LogP contribution in [-0.4, -0.2) is 30.4 Å². The summed E-state index contributed by atoms with van der Waals surface area (Å²) in [7, 11) is 1.76. The maximum atomic E-state index is 12.3. The maximum absolute atomic E-state index is 12.3. The lowest BCUT2D eigenvalue weighted by Crippen LogP contribution is -2.49. The van der Waals surface area contributed by atoms with Crippen molar-refractivity contribution in [2.45, 2.75) is 25.9 Å². The molecule has 4 nitrogen and oxygen atoms in total. The molecule has 2 atom stereocenters. The summed E-state index contributed by atoms with van der Waals surface area (Å²) in [6, 6.07) is 10.2. The molecule has 2 unspecified atom stereocenters. The number of nitriles is 1. The SMILES string of the molecule is CC(C#N)CN(C)C(=O)C1Cc2ccccc2CN1. The first kappa shape index (κ1) is 13.6. The lowest BCUT2D eigenvalue weighted by molar-refractivity contribution is -0.132. The van der Waals surface area contributed by atoms with Gasteiger partial charge in [-0.1, -0.05) is 24.3 Å². The lowest BCUT2D eigenvalue weighted by atomic mass is 9.95. The highest BCUT2D eigenvalue weighted by Crippen LogP contribution is 2.17. The summed E-state index contributed by atoms with van der Waals surface area (Å²) >= 11 is 0. The number of nitrogens with one attached hydrogen (secondary N) is 1. The second-order valence-electron chi connectivity index (χ2n) is 5.16. The second kappa shape index (κ2) is 5.85. The summed E-state index contributed by atoms with van der Waals surface area (Å²) in [5, 5.41) is 12.1. The zero-order valence-corrected chi connectivity index (χ0v) is 11.4. The number of nitrogens with zero attached hydrogens (tertiary/aromatic N) is 2. The number of likely N-dealkylation sites (N-methyl/N-ethyl adjacent to an activating group) is 1. The van der Waals surface area contributed by atoms with Crippen molar-refractivity contribution in [3.8, 4) is 6.07 Å². The Labute approximate surface area is 114 Å². The Morgan fingerprint density at radius 2 is 2.21 bits per heavy atom. The van der Waals surface area contributed by atoms with Gasteiger partial charge < -0.3 is 10.2 Å². The quantitative estimate of drug-likeness (QED) is 0.888. The van der Waals surface area contributed by atoms with Crippen LogP contribution in [0.5, 0.6) is 0 Å². The van der Waals surface area contributed by atoms with E-state index in [-0.39, 0.29) is 17.9 Å². The van der Waals surface area contributed by atoms with Crippen LogP contribution in [0.25, 0.3) is 0 Å². The van der Waals surface area contributed by atoms with Gasteiger partial charge in [-0.3, -0.25) is 4.79 Å². The normalized spacial score (nSPS) is 19.1. The third-order valence-electron chi connectivity index (χ3n) is 3.52. The van der Waals surface area contributed by atoms with Gasteiger partial charge >= 0.3 is 0 Å². The van der Waals surface area contributed by atoms with E-state index in [1.165, 1.54) is 11.1 Å². The Bertz CT molecular complexity index is 506. The van der Waals surface area contributed by atoms with Crippen LogP contribution in [-0.2, 0) is 17.8 Å². The van der Waals surface area contributed by atoms with E-state index in [9.17, 15) is 4.79 Å². The molecule has 0 aromatic heterocycles. The van der Waals surface area contributed by atoms with Gasteiger partial charge in [-0.25, -0.2) is 0 Å². The average Bonchev–Trinajstić information content (AvgIpc) is 2.45. The number of carbonyl (C=O) groups is 1. The molecule has 0 spiro atoms. The van der Waals surface area contributed by atoms with Crippen molar-refractivity contribution in [3.05, 3.63) is 35.4 Å². The van der Waals surface area contributed by atoms with Gasteiger partial charge in [-0.2, -0.15) is 5.26 Å². The molecule has 1 aromatic carbocycles. The first-order valence-electron chi connectivity index (χ1n) is 6.56. The molecule has 100 valence electrons. The van der Waals surface area contributed by atoms with Gasteiger partial charge in [0.2, 0.25) is 5.91 Å². The van der Waals surface area contributed by atoms with E-state index in [2.05, 4.69) is 23.5 Å². The van der Waals surface area contributed by atoms with Gasteiger partial charge in [0.1, 0.15) is 0 Å². The number of carbonyl (C=O) groups excluding carboxylic acids is 1. The summed E-state index contributed by atoms with van der Waals surface area (Å²) in [6.45, 7) is 3.04. The standard InChI is InChI=1S/C15H19N3O/c1-11(8-16)10-18(2)15(19)14-7-12-5-3-4-6-13(12)9-17-14/h3-6,11,14,17H,7,9-10H2,1-2H3. The van der Waals surface area contributed by atoms with Gasteiger partial charge in [-0.15, -0.1) is 0 Å². The molecule has 0 saturated heterocycles. The summed E-state index contributed by atoms with van der Waals surface area (Å²) < 4.78 is 0. The Kier molecular flexibility index (Phi) is 4.18. The molecule has 0 bridgehead atoms. The van der Waals surface area contributed by atoms with E-state index < -0.39 is 0 Å². The molecule has 0 aliphatic carbocycles. The van der Waals surface area contributed by atoms with Crippen molar-refractivity contribution in [2.24, 2.45) is 5.92 Å². The molecule has 0 radical (unpaired) electrons. The van der Waals surface area contributed by atoms with E-state index in [4.69, 9.17) is 5.26 Å². The number of hydrogen-bond acceptors (Lipinski definition) is 3. The van der Waals surface area contributed by atoms with Crippen LogP contribution in [0.15, 0.2) is 24.3 Å². The molecule has 19 heavy (non-hydrogen) atoms. The third-order valence-corrected chi connectivity index (χ3v) is 3.52. The van der Waals surface area contributed by atoms with Gasteiger partial charge in [-0.05, 0) is 24.5 Å². The van der Waals surface area contributed by atoms with Gasteiger partial charge in [0.25, 0.3) is 0 Å². The van der Waals surface area contributed by atoms with Crippen LogP contribution in [0.1, 0.15) is 18.1 Å². The van der Waals surface area contributed by atoms with Crippen LogP contribution in [0, 0.1) is 17.2 Å². The second-order valence-corrected chi connectivity index (χ2v) is 5.16. The highest BCUT2D eigenvalue weighted by Gasteiger charge is 2.26. The highest BCUT2D eigenvalue weighted by molar-refractivity contribution is 5.82. The lowest BCUT2D eigenvalue weighted by Gasteiger charge is -2.29. The minimum atomic E-state index is -0.175. The first-order chi connectivity index (χ1) is 9.11. The Hall–Kier alpha value is -1.86. The van der Waals surface area contributed by atoms with E-state index >= 15 is 0 Å². The molecular weight excluding hydrogens is 238 g/mol. The number of fused-ring (bicyclic) bond motifs is 1. The molecule has 1 heterocycles. The third kappa shape index (κ3) is 3.12. The van der Waals surface area contributed by atoms with Crippen molar-refractivity contribution >= 4 is 5.91 Å². The first-order valence-corrected chi connectivity index (χ1v) is 6.56. The van der Waals surface area contributed by atoms with Crippen LogP contribution < -0.4 is 5.32 Å². The van der Waals surface area contributed by atoms with Gasteiger partial charge in [0, 0.05) is 20.1 Å². The average molecular weight is 257 g/mol. The number of rotatable bonds is 3. The van der Waals surface area contributed by atoms with E-state index in [1.807, 2.05) is 19.1 Å². The number of amides is 1. The molecule has 1 aromatic rings. The minimum absolute atomic E-state index is 0.0663. The van der Waals surface area contributed by atoms with E-state index in [1.54, 1.807) is 11.9 Å².